The monoisotopic (exact) mass is 260 g/mol. The first-order valence-corrected chi connectivity index (χ1v) is 4.91. The summed E-state index contributed by atoms with van der Waals surface area (Å²) in [6.45, 7) is 1.96. The highest BCUT2D eigenvalue weighted by Crippen LogP contribution is 2.23. The van der Waals surface area contributed by atoms with Gasteiger partial charge in [0.25, 0.3) is 5.91 Å². The molecule has 1 atom stereocenters. The molecule has 0 aliphatic rings. The first-order valence-electron chi connectivity index (χ1n) is 4.91. The van der Waals surface area contributed by atoms with Crippen LogP contribution >= 0.6 is 12.4 Å². The Balaban J connectivity index is 0.00000256. The van der Waals surface area contributed by atoms with Crippen LogP contribution in [0.4, 0.5) is 5.69 Å². The molecule has 4 N–H and O–H groups in total. The molecule has 1 aromatic carbocycles. The van der Waals surface area contributed by atoms with Gasteiger partial charge in [0.15, 0.2) is 0 Å². The zero-order valence-electron chi connectivity index (χ0n) is 9.77. The Morgan fingerprint density at radius 1 is 1.59 bits per heavy atom. The molecule has 1 aromatic rings. The van der Waals surface area contributed by atoms with Crippen molar-refractivity contribution in [1.82, 2.24) is 0 Å². The number of halogens is 1. The van der Waals surface area contributed by atoms with E-state index in [4.69, 9.17) is 10.5 Å². The van der Waals surface area contributed by atoms with Gasteiger partial charge in [0.2, 0.25) is 0 Å². The van der Waals surface area contributed by atoms with Crippen molar-refractivity contribution in [3.63, 3.8) is 0 Å². The van der Waals surface area contributed by atoms with Gasteiger partial charge in [-0.15, -0.1) is 12.4 Å². The summed E-state index contributed by atoms with van der Waals surface area (Å²) < 4.78 is 4.88. The van der Waals surface area contributed by atoms with Crippen LogP contribution in [0.1, 0.15) is 5.56 Å². The molecule has 17 heavy (non-hydrogen) atoms. The molecule has 0 saturated carbocycles. The van der Waals surface area contributed by atoms with Crippen molar-refractivity contribution in [2.75, 3.05) is 19.0 Å². The topological polar surface area (TPSA) is 84.6 Å². The fraction of sp³-hybridized carbons (Fsp3) is 0.364. The molecule has 1 rings (SSSR count). The Morgan fingerprint density at radius 2 is 2.24 bits per heavy atom. The maximum Gasteiger partial charge on any atom is 0.254 e. The molecule has 1 amide bonds. The minimum Gasteiger partial charge on any atom is -0.506 e. The van der Waals surface area contributed by atoms with Gasteiger partial charge < -0.3 is 20.9 Å². The summed E-state index contributed by atoms with van der Waals surface area (Å²) in [6.07, 6.45) is -0.708. The number of hydrogen-bond donors (Lipinski definition) is 3. The van der Waals surface area contributed by atoms with Gasteiger partial charge in [-0.1, -0.05) is 6.07 Å². The van der Waals surface area contributed by atoms with Crippen molar-refractivity contribution in [2.24, 2.45) is 5.73 Å². The van der Waals surface area contributed by atoms with E-state index in [1.165, 1.54) is 13.2 Å². The van der Waals surface area contributed by atoms with Crippen LogP contribution in [0.15, 0.2) is 18.2 Å². The number of nitrogens with two attached hydrogens (primary N) is 1. The van der Waals surface area contributed by atoms with E-state index in [0.717, 1.165) is 5.56 Å². The van der Waals surface area contributed by atoms with Crippen LogP contribution < -0.4 is 11.1 Å². The molecule has 0 aliphatic heterocycles. The van der Waals surface area contributed by atoms with Gasteiger partial charge in [-0.3, -0.25) is 4.79 Å². The zero-order valence-corrected chi connectivity index (χ0v) is 10.6. The molecule has 0 fully saturated rings. The number of hydrogen-bond acceptors (Lipinski definition) is 4. The van der Waals surface area contributed by atoms with E-state index in [1.54, 1.807) is 12.1 Å². The van der Waals surface area contributed by atoms with E-state index in [-0.39, 0.29) is 30.6 Å². The normalized spacial score (nSPS) is 11.5. The fourth-order valence-corrected chi connectivity index (χ4v) is 1.27. The average molecular weight is 261 g/mol. The van der Waals surface area contributed by atoms with Crippen LogP contribution in [-0.4, -0.2) is 30.8 Å². The van der Waals surface area contributed by atoms with Crippen molar-refractivity contribution in [1.29, 1.82) is 0 Å². The van der Waals surface area contributed by atoms with Gasteiger partial charge in [-0.2, -0.15) is 0 Å². The number of phenols is 1. The summed E-state index contributed by atoms with van der Waals surface area (Å²) in [4.78, 5) is 11.6. The molecular formula is C11H17ClN2O3. The Labute approximate surface area is 106 Å². The third kappa shape index (κ3) is 4.22. The second-order valence-electron chi connectivity index (χ2n) is 3.47. The highest BCUT2D eigenvalue weighted by Gasteiger charge is 2.16. The molecule has 5 nitrogen and oxygen atoms in total. The van der Waals surface area contributed by atoms with Gasteiger partial charge in [0.1, 0.15) is 11.9 Å². The average Bonchev–Trinajstić information content (AvgIpc) is 2.25. The number of carbonyl (C=O) groups excluding carboxylic acids is 1. The molecule has 0 bridgehead atoms. The predicted octanol–water partition coefficient (Wildman–Crippen LogP) is 1.03. The summed E-state index contributed by atoms with van der Waals surface area (Å²) in [7, 11) is 1.41. The number of rotatable bonds is 4. The zero-order chi connectivity index (χ0) is 12.1. The number of benzene rings is 1. The lowest BCUT2D eigenvalue weighted by atomic mass is 10.2. The maximum atomic E-state index is 11.6. The molecule has 1 unspecified atom stereocenters. The second kappa shape index (κ2) is 7.11. The van der Waals surface area contributed by atoms with Gasteiger partial charge in [-0.05, 0) is 24.6 Å². The fourth-order valence-electron chi connectivity index (χ4n) is 1.27. The van der Waals surface area contributed by atoms with E-state index in [2.05, 4.69) is 5.32 Å². The van der Waals surface area contributed by atoms with Crippen LogP contribution in [0.25, 0.3) is 0 Å². The predicted molar refractivity (Wildman–Crippen MR) is 68.6 cm³/mol. The minimum absolute atomic E-state index is 0. The highest BCUT2D eigenvalue weighted by molar-refractivity contribution is 5.95. The summed E-state index contributed by atoms with van der Waals surface area (Å²) in [6, 6.07) is 4.95. The number of aromatic hydroxyl groups is 1. The van der Waals surface area contributed by atoms with Crippen LogP contribution in [0.5, 0.6) is 5.75 Å². The van der Waals surface area contributed by atoms with Crippen molar-refractivity contribution in [3.8, 4) is 5.75 Å². The molecule has 0 heterocycles. The number of ether oxygens (including phenoxy) is 1. The quantitative estimate of drug-likeness (QED) is 0.706. The second-order valence-corrected chi connectivity index (χ2v) is 3.47. The van der Waals surface area contributed by atoms with E-state index >= 15 is 0 Å². The third-order valence-corrected chi connectivity index (χ3v) is 2.20. The number of amides is 1. The Hall–Kier alpha value is -1.30. The molecule has 0 spiro atoms. The van der Waals surface area contributed by atoms with Crippen LogP contribution in [-0.2, 0) is 9.53 Å². The van der Waals surface area contributed by atoms with E-state index < -0.39 is 6.10 Å². The summed E-state index contributed by atoms with van der Waals surface area (Å²) in [5, 5.41) is 12.1. The number of methoxy groups -OCH3 is 1. The SMILES string of the molecule is COC(CN)C(=O)Nc1cc(C)ccc1O.Cl. The van der Waals surface area contributed by atoms with Gasteiger partial charge in [0.05, 0.1) is 5.69 Å². The highest BCUT2D eigenvalue weighted by atomic mass is 35.5. The molecule has 0 aliphatic carbocycles. The Bertz CT molecular complexity index is 381. The van der Waals surface area contributed by atoms with Crippen LogP contribution in [0.3, 0.4) is 0 Å². The molecule has 0 saturated heterocycles. The van der Waals surface area contributed by atoms with Crippen LogP contribution in [0.2, 0.25) is 0 Å². The third-order valence-electron chi connectivity index (χ3n) is 2.20. The number of aryl methyl sites for hydroxylation is 1. The van der Waals surface area contributed by atoms with E-state index in [1.807, 2.05) is 6.92 Å². The molecule has 96 valence electrons. The number of phenolic OH excluding ortho intramolecular Hbond substituents is 1. The van der Waals surface area contributed by atoms with Gasteiger partial charge in [-0.25, -0.2) is 0 Å². The first kappa shape index (κ1) is 15.7. The lowest BCUT2D eigenvalue weighted by molar-refractivity contribution is -0.125. The van der Waals surface area contributed by atoms with Crippen molar-refractivity contribution >= 4 is 24.0 Å². The number of nitrogens with one attached hydrogen (secondary N) is 1. The lowest BCUT2D eigenvalue weighted by Gasteiger charge is -2.14. The Kier molecular flexibility index (Phi) is 6.57. The molecular weight excluding hydrogens is 244 g/mol. The summed E-state index contributed by atoms with van der Waals surface area (Å²) in [5.74, 6) is -0.350. The van der Waals surface area contributed by atoms with E-state index in [9.17, 15) is 9.90 Å². The van der Waals surface area contributed by atoms with Crippen LogP contribution in [0, 0.1) is 6.92 Å². The van der Waals surface area contributed by atoms with Crippen molar-refractivity contribution in [3.05, 3.63) is 23.8 Å². The van der Waals surface area contributed by atoms with Gasteiger partial charge >= 0.3 is 0 Å². The lowest BCUT2D eigenvalue weighted by Crippen LogP contribution is -2.35. The summed E-state index contributed by atoms with van der Waals surface area (Å²) in [5.41, 5.74) is 6.66. The van der Waals surface area contributed by atoms with Crippen molar-refractivity contribution in [2.45, 2.75) is 13.0 Å². The minimum atomic E-state index is -0.708. The summed E-state index contributed by atoms with van der Waals surface area (Å²) >= 11 is 0. The molecule has 0 aromatic heterocycles. The number of carbonyl (C=O) groups is 1. The van der Waals surface area contributed by atoms with Crippen molar-refractivity contribution < 1.29 is 14.6 Å². The molecule has 6 heteroatoms. The van der Waals surface area contributed by atoms with Gasteiger partial charge in [0, 0.05) is 13.7 Å². The van der Waals surface area contributed by atoms with E-state index in [0.29, 0.717) is 5.69 Å². The standard InChI is InChI=1S/C11H16N2O3.ClH/c1-7-3-4-9(14)8(5-7)13-11(15)10(6-12)16-2;/h3-5,10,14H,6,12H2,1-2H3,(H,13,15);1H. The first-order chi connectivity index (χ1) is 7.58. The maximum absolute atomic E-state index is 11.6. The molecule has 0 radical (unpaired) electrons. The smallest absolute Gasteiger partial charge is 0.254 e. The largest absolute Gasteiger partial charge is 0.506 e. The Morgan fingerprint density at radius 3 is 2.76 bits per heavy atom. The number of anilines is 1.